The first-order valence-corrected chi connectivity index (χ1v) is 6.51. The Morgan fingerprint density at radius 1 is 1.14 bits per heavy atom. The van der Waals surface area contributed by atoms with Gasteiger partial charge in [0.15, 0.2) is 0 Å². The number of benzene rings is 1. The lowest BCUT2D eigenvalue weighted by Gasteiger charge is -2.14. The van der Waals surface area contributed by atoms with Crippen molar-refractivity contribution in [3.05, 3.63) is 42.1 Å². The Kier molecular flexibility index (Phi) is 4.62. The molecule has 0 bridgehead atoms. The van der Waals surface area contributed by atoms with Crippen molar-refractivity contribution < 1.29 is 13.2 Å². The van der Waals surface area contributed by atoms with E-state index >= 15 is 0 Å². The van der Waals surface area contributed by atoms with Gasteiger partial charge in [0.05, 0.1) is 11.3 Å². The molecule has 1 aromatic heterocycles. The molecule has 0 amide bonds. The predicted molar refractivity (Wildman–Crippen MR) is 75.5 cm³/mol. The first-order valence-electron chi connectivity index (χ1n) is 6.51. The second kappa shape index (κ2) is 6.43. The van der Waals surface area contributed by atoms with E-state index in [9.17, 15) is 13.2 Å². The van der Waals surface area contributed by atoms with Gasteiger partial charge in [0.2, 0.25) is 5.95 Å². The van der Waals surface area contributed by atoms with E-state index < -0.39 is 11.7 Å². The summed E-state index contributed by atoms with van der Waals surface area (Å²) in [4.78, 5) is 8.13. The van der Waals surface area contributed by atoms with E-state index in [1.807, 2.05) is 6.92 Å². The number of halogens is 3. The highest BCUT2D eigenvalue weighted by molar-refractivity contribution is 5.61. The molecule has 1 aromatic carbocycles. The van der Waals surface area contributed by atoms with Crippen LogP contribution in [0.4, 0.5) is 30.6 Å². The summed E-state index contributed by atoms with van der Waals surface area (Å²) in [5.41, 5.74) is -0.767. The fourth-order valence-corrected chi connectivity index (χ4v) is 1.73. The van der Waals surface area contributed by atoms with E-state index in [0.29, 0.717) is 18.3 Å². The number of hydrogen-bond donors (Lipinski definition) is 2. The Balaban J connectivity index is 2.23. The molecule has 112 valence electrons. The number of rotatable bonds is 5. The van der Waals surface area contributed by atoms with Crippen LogP contribution in [0.15, 0.2) is 36.5 Å². The smallest absolute Gasteiger partial charge is 0.354 e. The van der Waals surface area contributed by atoms with Crippen molar-refractivity contribution in [3.8, 4) is 0 Å². The van der Waals surface area contributed by atoms with Crippen LogP contribution in [0.1, 0.15) is 18.9 Å². The fourth-order valence-electron chi connectivity index (χ4n) is 1.73. The lowest BCUT2D eigenvalue weighted by molar-refractivity contribution is -0.136. The van der Waals surface area contributed by atoms with Gasteiger partial charge in [-0.05, 0) is 24.6 Å². The summed E-state index contributed by atoms with van der Waals surface area (Å²) >= 11 is 0. The molecule has 0 saturated heterocycles. The minimum atomic E-state index is -4.42. The number of para-hydroxylation sites is 1. The average molecular weight is 296 g/mol. The van der Waals surface area contributed by atoms with Gasteiger partial charge in [-0.1, -0.05) is 19.1 Å². The molecule has 0 radical (unpaired) electrons. The van der Waals surface area contributed by atoms with Gasteiger partial charge in [-0.15, -0.1) is 0 Å². The third kappa shape index (κ3) is 4.08. The summed E-state index contributed by atoms with van der Waals surface area (Å²) in [7, 11) is 0. The lowest BCUT2D eigenvalue weighted by Crippen LogP contribution is -2.10. The molecule has 0 aliphatic heterocycles. The van der Waals surface area contributed by atoms with Crippen LogP contribution >= 0.6 is 0 Å². The first-order chi connectivity index (χ1) is 10.0. The minimum absolute atomic E-state index is 0.0369. The van der Waals surface area contributed by atoms with E-state index in [2.05, 4.69) is 20.6 Å². The Morgan fingerprint density at radius 2 is 1.90 bits per heavy atom. The summed E-state index contributed by atoms with van der Waals surface area (Å²) in [6.07, 6.45) is -2.03. The zero-order valence-electron chi connectivity index (χ0n) is 11.4. The third-order valence-corrected chi connectivity index (χ3v) is 2.68. The Hall–Kier alpha value is -2.31. The van der Waals surface area contributed by atoms with Crippen molar-refractivity contribution >= 4 is 17.5 Å². The van der Waals surface area contributed by atoms with E-state index in [4.69, 9.17) is 0 Å². The van der Waals surface area contributed by atoms with E-state index in [0.717, 1.165) is 12.5 Å². The highest BCUT2D eigenvalue weighted by Crippen LogP contribution is 2.35. The second-order valence-corrected chi connectivity index (χ2v) is 4.36. The first kappa shape index (κ1) is 15.1. The van der Waals surface area contributed by atoms with Crippen LogP contribution in [0.3, 0.4) is 0 Å². The molecule has 2 N–H and O–H groups in total. The maximum absolute atomic E-state index is 12.9. The molecule has 1 heterocycles. The van der Waals surface area contributed by atoms with Crippen molar-refractivity contribution in [3.63, 3.8) is 0 Å². The maximum atomic E-state index is 12.9. The predicted octanol–water partition coefficient (Wildman–Crippen LogP) is 4.06. The molecular formula is C14H15F3N4. The van der Waals surface area contributed by atoms with Crippen molar-refractivity contribution in [2.75, 3.05) is 17.2 Å². The van der Waals surface area contributed by atoms with Crippen LogP contribution in [-0.4, -0.2) is 16.5 Å². The van der Waals surface area contributed by atoms with Gasteiger partial charge in [0.25, 0.3) is 0 Å². The summed E-state index contributed by atoms with van der Waals surface area (Å²) < 4.78 is 38.7. The summed E-state index contributed by atoms with van der Waals surface area (Å²) in [5.74, 6) is 0.687. The quantitative estimate of drug-likeness (QED) is 0.873. The molecular weight excluding hydrogens is 281 g/mol. The van der Waals surface area contributed by atoms with Gasteiger partial charge in [-0.25, -0.2) is 4.98 Å². The summed E-state index contributed by atoms with van der Waals surface area (Å²) in [6.45, 7) is 2.69. The minimum Gasteiger partial charge on any atom is -0.354 e. The van der Waals surface area contributed by atoms with Crippen LogP contribution in [0, 0.1) is 0 Å². The highest BCUT2D eigenvalue weighted by atomic mass is 19.4. The van der Waals surface area contributed by atoms with Crippen molar-refractivity contribution in [2.45, 2.75) is 19.5 Å². The van der Waals surface area contributed by atoms with Gasteiger partial charge < -0.3 is 10.6 Å². The molecule has 2 aromatic rings. The molecule has 0 saturated carbocycles. The number of hydrogen-bond acceptors (Lipinski definition) is 4. The van der Waals surface area contributed by atoms with Gasteiger partial charge in [-0.2, -0.15) is 18.2 Å². The SMILES string of the molecule is CCCNc1nccc(Nc2ccccc2C(F)(F)F)n1. The standard InChI is InChI=1S/C14H15F3N4/c1-2-8-18-13-19-9-7-12(21-13)20-11-6-4-3-5-10(11)14(15,16)17/h3-7,9H,2,8H2,1H3,(H2,18,19,20,21). The highest BCUT2D eigenvalue weighted by Gasteiger charge is 2.33. The van der Waals surface area contributed by atoms with E-state index in [1.165, 1.54) is 30.5 Å². The van der Waals surface area contributed by atoms with Crippen molar-refractivity contribution in [2.24, 2.45) is 0 Å². The number of nitrogens with one attached hydrogen (secondary N) is 2. The van der Waals surface area contributed by atoms with Crippen molar-refractivity contribution in [1.82, 2.24) is 9.97 Å². The number of aromatic nitrogens is 2. The largest absolute Gasteiger partial charge is 0.418 e. The van der Waals surface area contributed by atoms with Crippen molar-refractivity contribution in [1.29, 1.82) is 0 Å². The molecule has 4 nitrogen and oxygen atoms in total. The number of nitrogens with zero attached hydrogens (tertiary/aromatic N) is 2. The second-order valence-electron chi connectivity index (χ2n) is 4.36. The van der Waals surface area contributed by atoms with E-state index in [-0.39, 0.29) is 5.69 Å². The zero-order valence-corrected chi connectivity index (χ0v) is 11.4. The van der Waals surface area contributed by atoms with Gasteiger partial charge in [0, 0.05) is 12.7 Å². The molecule has 0 atom stereocenters. The van der Waals surface area contributed by atoms with Crippen LogP contribution in [0.5, 0.6) is 0 Å². The van der Waals surface area contributed by atoms with Crippen LogP contribution in [0.2, 0.25) is 0 Å². The number of alkyl halides is 3. The Labute approximate surface area is 120 Å². The Morgan fingerprint density at radius 3 is 2.62 bits per heavy atom. The molecule has 0 aliphatic rings. The summed E-state index contributed by atoms with van der Waals surface area (Å²) in [6, 6.07) is 6.80. The average Bonchev–Trinajstić information content (AvgIpc) is 2.45. The molecule has 0 fully saturated rings. The number of anilines is 3. The monoisotopic (exact) mass is 296 g/mol. The van der Waals surface area contributed by atoms with Crippen LogP contribution in [-0.2, 0) is 6.18 Å². The van der Waals surface area contributed by atoms with Crippen LogP contribution in [0.25, 0.3) is 0 Å². The fraction of sp³-hybridized carbons (Fsp3) is 0.286. The molecule has 7 heteroatoms. The van der Waals surface area contributed by atoms with Gasteiger partial charge >= 0.3 is 6.18 Å². The van der Waals surface area contributed by atoms with E-state index in [1.54, 1.807) is 0 Å². The molecule has 0 spiro atoms. The maximum Gasteiger partial charge on any atom is 0.418 e. The molecule has 21 heavy (non-hydrogen) atoms. The van der Waals surface area contributed by atoms with Crippen LogP contribution < -0.4 is 10.6 Å². The molecule has 0 aliphatic carbocycles. The molecule has 2 rings (SSSR count). The summed E-state index contributed by atoms with van der Waals surface area (Å²) in [5, 5.41) is 5.67. The van der Waals surface area contributed by atoms with Gasteiger partial charge in [0.1, 0.15) is 5.82 Å². The normalized spacial score (nSPS) is 11.2. The van der Waals surface area contributed by atoms with Gasteiger partial charge in [-0.3, -0.25) is 0 Å². The third-order valence-electron chi connectivity index (χ3n) is 2.68. The Bertz CT molecular complexity index is 599. The molecule has 0 unspecified atom stereocenters. The zero-order chi connectivity index (χ0) is 15.3. The topological polar surface area (TPSA) is 49.8 Å². The lowest BCUT2D eigenvalue weighted by atomic mass is 10.1.